The molecular formula is C28H55NO9S. The van der Waals surface area contributed by atoms with E-state index in [1.165, 1.54) is 83.1 Å². The quantitative estimate of drug-likeness (QED) is 0.0542. The van der Waals surface area contributed by atoms with E-state index in [1.54, 1.807) is 0 Å². The molecule has 0 aromatic heterocycles. The standard InChI is InChI=1S/C28H52O9S.H3N/c1-3-5-6-7-8-9-10-11-12-13-14-15-16-17-18-19-21-36-28(31)26(38(32,33)34)22-27(30)37-24-25(29)23-35-20-4-2;/h4,25-26,29H,2-3,5-24H2,1H3,(H,32,33,34);1H3. The molecule has 0 spiro atoms. The lowest BCUT2D eigenvalue weighted by molar-refractivity contribution is -0.152. The Balaban J connectivity index is 0. The maximum absolute atomic E-state index is 12.1. The van der Waals surface area contributed by atoms with Gasteiger partial charge < -0.3 is 30.0 Å². The van der Waals surface area contributed by atoms with E-state index in [9.17, 15) is 27.7 Å². The number of ether oxygens (including phenoxy) is 3. The number of carbonyl (C=O) groups excluding carboxylic acids is 2. The minimum Gasteiger partial charge on any atom is -0.747 e. The van der Waals surface area contributed by atoms with Gasteiger partial charge in [0.1, 0.15) is 22.8 Å². The Bertz CT molecular complexity index is 716. The lowest BCUT2D eigenvalue weighted by Gasteiger charge is -2.19. The van der Waals surface area contributed by atoms with Gasteiger partial charge >= 0.3 is 11.9 Å². The first-order valence-corrected chi connectivity index (χ1v) is 15.8. The normalized spacial score (nSPS) is 12.8. The molecule has 0 amide bonds. The van der Waals surface area contributed by atoms with Crippen LogP contribution in [0.5, 0.6) is 0 Å². The molecule has 2 atom stereocenters. The van der Waals surface area contributed by atoms with Crippen molar-refractivity contribution in [2.75, 3.05) is 26.4 Å². The monoisotopic (exact) mass is 581 g/mol. The van der Waals surface area contributed by atoms with Gasteiger partial charge in [-0.15, -0.1) is 6.58 Å². The minimum absolute atomic E-state index is 0. The average molecular weight is 582 g/mol. The van der Waals surface area contributed by atoms with Crippen LogP contribution in [-0.4, -0.2) is 67.8 Å². The first-order valence-electron chi connectivity index (χ1n) is 14.4. The highest BCUT2D eigenvalue weighted by molar-refractivity contribution is 7.87. The number of rotatable bonds is 27. The number of unbranched alkanes of at least 4 members (excludes halogenated alkanes) is 15. The first-order chi connectivity index (χ1) is 18.2. The Morgan fingerprint density at radius 1 is 0.821 bits per heavy atom. The van der Waals surface area contributed by atoms with E-state index in [4.69, 9.17) is 14.2 Å². The number of carbonyl (C=O) groups is 2. The van der Waals surface area contributed by atoms with Gasteiger partial charge in [0.05, 0.1) is 26.2 Å². The van der Waals surface area contributed by atoms with Crippen LogP contribution >= 0.6 is 0 Å². The molecule has 0 radical (unpaired) electrons. The van der Waals surface area contributed by atoms with Gasteiger partial charge in [-0.25, -0.2) is 8.42 Å². The third-order valence-corrected chi connectivity index (χ3v) is 7.24. The molecule has 10 nitrogen and oxygen atoms in total. The van der Waals surface area contributed by atoms with Crippen molar-refractivity contribution in [2.45, 2.75) is 127 Å². The SMILES string of the molecule is C=CCOCC(O)COC(=O)CC(C(=O)OCCCCCCCCCCCCCCCCCC)S(=O)(=O)[O-].[NH4+]. The van der Waals surface area contributed by atoms with Crippen LogP contribution in [0.25, 0.3) is 0 Å². The predicted octanol–water partition coefficient (Wildman–Crippen LogP) is 5.58. The lowest BCUT2D eigenvalue weighted by Crippen LogP contribution is -2.35. The molecule has 232 valence electrons. The van der Waals surface area contributed by atoms with Crippen molar-refractivity contribution < 1.29 is 41.9 Å². The third-order valence-electron chi connectivity index (χ3n) is 6.19. The highest BCUT2D eigenvalue weighted by Gasteiger charge is 2.30. The third kappa shape index (κ3) is 25.2. The summed E-state index contributed by atoms with van der Waals surface area (Å²) in [6, 6.07) is 0. The van der Waals surface area contributed by atoms with E-state index in [2.05, 4.69) is 13.5 Å². The second-order valence-electron chi connectivity index (χ2n) is 9.82. The van der Waals surface area contributed by atoms with Crippen LogP contribution < -0.4 is 6.15 Å². The molecule has 2 unspecified atom stereocenters. The van der Waals surface area contributed by atoms with E-state index in [0.29, 0.717) is 6.42 Å². The molecule has 0 aliphatic rings. The zero-order valence-corrected chi connectivity index (χ0v) is 25.2. The summed E-state index contributed by atoms with van der Waals surface area (Å²) in [7, 11) is -5.11. The molecule has 0 aromatic rings. The second kappa shape index (κ2) is 26.7. The zero-order chi connectivity index (χ0) is 28.5. The average Bonchev–Trinajstić information content (AvgIpc) is 2.87. The van der Waals surface area contributed by atoms with E-state index >= 15 is 0 Å². The summed E-state index contributed by atoms with van der Waals surface area (Å²) in [4.78, 5) is 24.0. The van der Waals surface area contributed by atoms with Crippen molar-refractivity contribution >= 4 is 22.1 Å². The van der Waals surface area contributed by atoms with Gasteiger partial charge in [0.2, 0.25) is 0 Å². The summed E-state index contributed by atoms with van der Waals surface area (Å²) in [6.07, 6.45) is 18.6. The van der Waals surface area contributed by atoms with Crippen molar-refractivity contribution in [1.29, 1.82) is 0 Å². The fraction of sp³-hybridized carbons (Fsp3) is 0.857. The van der Waals surface area contributed by atoms with Crippen molar-refractivity contribution in [3.63, 3.8) is 0 Å². The Kier molecular flexibility index (Phi) is 27.1. The Hall–Kier alpha value is -1.53. The maximum atomic E-state index is 12.1. The van der Waals surface area contributed by atoms with Gasteiger partial charge in [-0.2, -0.15) is 0 Å². The summed E-state index contributed by atoms with van der Waals surface area (Å²) >= 11 is 0. The van der Waals surface area contributed by atoms with Crippen LogP contribution in [0.3, 0.4) is 0 Å². The van der Waals surface area contributed by atoms with Gasteiger partial charge in [-0.05, 0) is 6.42 Å². The topological polar surface area (TPSA) is 176 Å². The van der Waals surface area contributed by atoms with Gasteiger partial charge in [0.25, 0.3) is 0 Å². The maximum Gasteiger partial charge on any atom is 0.323 e. The zero-order valence-electron chi connectivity index (χ0n) is 24.4. The molecule has 0 aromatic carbocycles. The van der Waals surface area contributed by atoms with Crippen LogP contribution in [0.4, 0.5) is 0 Å². The fourth-order valence-electron chi connectivity index (χ4n) is 3.95. The molecule has 5 N–H and O–H groups in total. The van der Waals surface area contributed by atoms with Crippen LogP contribution in [0, 0.1) is 0 Å². The van der Waals surface area contributed by atoms with Crippen LogP contribution in [0.15, 0.2) is 12.7 Å². The number of quaternary nitrogens is 1. The summed E-state index contributed by atoms with van der Waals surface area (Å²) in [5.74, 6) is -2.36. The van der Waals surface area contributed by atoms with E-state index in [0.717, 1.165) is 19.3 Å². The van der Waals surface area contributed by atoms with Gasteiger partial charge in [0, 0.05) is 0 Å². The van der Waals surface area contributed by atoms with Crippen molar-refractivity contribution in [2.24, 2.45) is 0 Å². The molecule has 0 bridgehead atoms. The van der Waals surface area contributed by atoms with Crippen molar-refractivity contribution in [3.8, 4) is 0 Å². The van der Waals surface area contributed by atoms with Gasteiger partial charge in [0.15, 0.2) is 5.25 Å². The molecular weight excluding hydrogens is 526 g/mol. The molecule has 0 aliphatic carbocycles. The van der Waals surface area contributed by atoms with Crippen molar-refractivity contribution in [3.05, 3.63) is 12.7 Å². The number of hydrogen-bond acceptors (Lipinski definition) is 9. The molecule has 0 aliphatic heterocycles. The predicted molar refractivity (Wildman–Crippen MR) is 153 cm³/mol. The highest BCUT2D eigenvalue weighted by Crippen LogP contribution is 2.14. The Morgan fingerprint density at radius 2 is 1.28 bits per heavy atom. The molecule has 0 rings (SSSR count). The summed E-state index contributed by atoms with van der Waals surface area (Å²) in [6.45, 7) is 5.29. The molecule has 0 heterocycles. The number of aliphatic hydroxyl groups is 1. The van der Waals surface area contributed by atoms with E-state index in [-0.39, 0.29) is 26.0 Å². The van der Waals surface area contributed by atoms with Crippen LogP contribution in [0.2, 0.25) is 0 Å². The number of esters is 2. The highest BCUT2D eigenvalue weighted by atomic mass is 32.2. The summed E-state index contributed by atoms with van der Waals surface area (Å²) in [5.41, 5.74) is 0. The van der Waals surface area contributed by atoms with E-state index < -0.39 is 46.4 Å². The van der Waals surface area contributed by atoms with E-state index in [1.807, 2.05) is 0 Å². The Labute approximate surface area is 236 Å². The molecule has 0 fully saturated rings. The lowest BCUT2D eigenvalue weighted by atomic mass is 10.0. The summed E-state index contributed by atoms with van der Waals surface area (Å²) < 4.78 is 49.1. The first kappa shape index (κ1) is 39.6. The minimum atomic E-state index is -5.11. The number of hydrogen-bond donors (Lipinski definition) is 2. The smallest absolute Gasteiger partial charge is 0.323 e. The van der Waals surface area contributed by atoms with Crippen LogP contribution in [0.1, 0.15) is 116 Å². The number of aliphatic hydroxyl groups excluding tert-OH is 1. The molecule has 0 saturated heterocycles. The molecule has 11 heteroatoms. The summed E-state index contributed by atoms with van der Waals surface area (Å²) in [5, 5.41) is 7.46. The Morgan fingerprint density at radius 3 is 1.72 bits per heavy atom. The second-order valence-corrected chi connectivity index (χ2v) is 11.4. The fourth-order valence-corrected chi connectivity index (χ4v) is 4.60. The molecule has 39 heavy (non-hydrogen) atoms. The van der Waals surface area contributed by atoms with Crippen LogP contribution in [-0.2, 0) is 33.9 Å². The van der Waals surface area contributed by atoms with Gasteiger partial charge in [-0.1, -0.05) is 109 Å². The van der Waals surface area contributed by atoms with Gasteiger partial charge in [-0.3, -0.25) is 9.59 Å². The molecule has 0 saturated carbocycles. The van der Waals surface area contributed by atoms with Crippen molar-refractivity contribution in [1.82, 2.24) is 6.15 Å². The largest absolute Gasteiger partial charge is 0.747 e.